The van der Waals surface area contributed by atoms with E-state index in [9.17, 15) is 4.79 Å². The van der Waals surface area contributed by atoms with E-state index in [2.05, 4.69) is 19.0 Å². The van der Waals surface area contributed by atoms with Crippen LogP contribution in [0.2, 0.25) is 0 Å². The highest BCUT2D eigenvalue weighted by Crippen LogP contribution is 2.57. The fourth-order valence-electron chi connectivity index (χ4n) is 4.87. The van der Waals surface area contributed by atoms with E-state index < -0.39 is 0 Å². The summed E-state index contributed by atoms with van der Waals surface area (Å²) in [4.78, 5) is 22.3. The summed E-state index contributed by atoms with van der Waals surface area (Å²) in [7, 11) is 1.80. The Balaban J connectivity index is 1.39. The Morgan fingerprint density at radius 1 is 1.13 bits per heavy atom. The molecule has 0 amide bonds. The van der Waals surface area contributed by atoms with E-state index in [0.717, 1.165) is 40.6 Å². The number of fused-ring (bicyclic) bond motifs is 2. The Kier molecular flexibility index (Phi) is 3.80. The minimum atomic E-state index is -0.000607. The van der Waals surface area contributed by atoms with Gasteiger partial charge in [-0.1, -0.05) is 0 Å². The van der Waals surface area contributed by atoms with E-state index in [1.165, 1.54) is 37.4 Å². The lowest BCUT2D eigenvalue weighted by Gasteiger charge is -2.28. The maximum atomic E-state index is 13.0. The van der Waals surface area contributed by atoms with Crippen LogP contribution in [0.1, 0.15) is 50.1 Å². The Bertz CT molecular complexity index is 1340. The first-order valence-corrected chi connectivity index (χ1v) is 11.2. The van der Waals surface area contributed by atoms with Crippen molar-refractivity contribution in [2.45, 2.75) is 51.5 Å². The molecular weight excluding hydrogens is 398 g/mol. The van der Waals surface area contributed by atoms with E-state index >= 15 is 0 Å². The van der Waals surface area contributed by atoms with Crippen LogP contribution in [0.15, 0.2) is 23.1 Å². The van der Waals surface area contributed by atoms with Crippen LogP contribution in [0.25, 0.3) is 22.2 Å². The molecule has 0 saturated heterocycles. The average Bonchev–Trinajstić information content (AvgIpc) is 3.26. The van der Waals surface area contributed by atoms with Crippen LogP contribution in [0.4, 0.5) is 11.6 Å². The van der Waals surface area contributed by atoms with Crippen LogP contribution in [0.5, 0.6) is 0 Å². The number of aryl methyl sites for hydroxylation is 2. The van der Waals surface area contributed by atoms with Crippen LogP contribution in [-0.4, -0.2) is 27.8 Å². The smallest absolute Gasteiger partial charge is 0.324 e. The molecule has 2 fully saturated rings. The lowest BCUT2D eigenvalue weighted by molar-refractivity contribution is 0.256. The van der Waals surface area contributed by atoms with Gasteiger partial charge in [0.2, 0.25) is 5.95 Å². The fraction of sp³-hybridized carbons (Fsp3) is 0.476. The number of imidazole rings is 1. The monoisotopic (exact) mass is 421 g/mol. The average molecular weight is 422 g/mol. The lowest BCUT2D eigenvalue weighted by Crippen LogP contribution is -2.29. The number of nitrogens with zero attached hydrogens (tertiary/aromatic N) is 6. The van der Waals surface area contributed by atoms with Crippen LogP contribution >= 0.6 is 11.7 Å². The highest BCUT2D eigenvalue weighted by Gasteiger charge is 2.45. The topological polar surface area (TPSA) is 90.5 Å². The molecule has 0 atom stereocenters. The molecule has 0 radical (unpaired) electrons. The molecule has 1 spiro atoms. The fourth-order valence-corrected chi connectivity index (χ4v) is 5.38. The van der Waals surface area contributed by atoms with Gasteiger partial charge in [0.05, 0.1) is 17.9 Å². The van der Waals surface area contributed by atoms with Crippen LogP contribution < -0.4 is 11.0 Å². The molecule has 1 N–H and O–H groups in total. The molecule has 6 rings (SSSR count). The Labute approximate surface area is 177 Å². The van der Waals surface area contributed by atoms with Crippen molar-refractivity contribution in [3.63, 3.8) is 0 Å². The van der Waals surface area contributed by atoms with E-state index in [1.54, 1.807) is 17.8 Å². The van der Waals surface area contributed by atoms with Gasteiger partial charge in [-0.25, -0.2) is 9.78 Å². The molecule has 4 aromatic rings. The second-order valence-corrected chi connectivity index (χ2v) is 9.42. The van der Waals surface area contributed by atoms with Crippen LogP contribution in [-0.2, 0) is 7.05 Å². The first-order valence-electron chi connectivity index (χ1n) is 10.5. The van der Waals surface area contributed by atoms with Crippen molar-refractivity contribution in [1.82, 2.24) is 27.8 Å². The molecule has 2 aliphatic carbocycles. The van der Waals surface area contributed by atoms with Gasteiger partial charge in [-0.15, -0.1) is 0 Å². The largest absolute Gasteiger partial charge is 0.330 e. The summed E-state index contributed by atoms with van der Waals surface area (Å²) in [6, 6.07) is 4.19. The minimum Gasteiger partial charge on any atom is -0.324 e. The number of aromatic nitrogens is 6. The quantitative estimate of drug-likeness (QED) is 0.536. The number of nitrogens with one attached hydrogen (secondary N) is 1. The van der Waals surface area contributed by atoms with E-state index in [1.807, 2.05) is 23.6 Å². The lowest BCUT2D eigenvalue weighted by atomic mass is 9.83. The molecule has 2 saturated carbocycles. The summed E-state index contributed by atoms with van der Waals surface area (Å²) in [5, 5.41) is 3.32. The van der Waals surface area contributed by atoms with Gasteiger partial charge in [0, 0.05) is 18.8 Å². The molecule has 3 heterocycles. The molecule has 154 valence electrons. The van der Waals surface area contributed by atoms with E-state index in [0.29, 0.717) is 17.0 Å². The highest BCUT2D eigenvalue weighted by atomic mass is 32.1. The molecular formula is C21H23N7OS. The van der Waals surface area contributed by atoms with E-state index in [4.69, 9.17) is 4.98 Å². The Hall–Kier alpha value is -2.81. The number of hydrogen-bond donors (Lipinski definition) is 1. The normalized spacial score (nSPS) is 18.5. The molecule has 3 aromatic heterocycles. The van der Waals surface area contributed by atoms with Crippen molar-refractivity contribution < 1.29 is 0 Å². The third-order valence-corrected chi connectivity index (χ3v) is 7.57. The zero-order chi connectivity index (χ0) is 20.5. The van der Waals surface area contributed by atoms with Crippen molar-refractivity contribution in [2.24, 2.45) is 12.5 Å². The first-order chi connectivity index (χ1) is 14.5. The van der Waals surface area contributed by atoms with Crippen molar-refractivity contribution in [1.29, 1.82) is 0 Å². The Morgan fingerprint density at radius 3 is 2.60 bits per heavy atom. The summed E-state index contributed by atoms with van der Waals surface area (Å²) in [5.41, 5.74) is 5.76. The molecule has 30 heavy (non-hydrogen) atoms. The van der Waals surface area contributed by atoms with Gasteiger partial charge < -0.3 is 5.32 Å². The molecule has 1 aromatic carbocycles. The third kappa shape index (κ3) is 2.75. The SMILES string of the molecule is Cc1cc2nsnc2cc1Nc1ncc2c(n1)n(C1CCC3(CC1)CC3)c(=O)n2C. The maximum absolute atomic E-state index is 13.0. The molecule has 9 heteroatoms. The summed E-state index contributed by atoms with van der Waals surface area (Å²) in [6.45, 7) is 2.02. The second-order valence-electron chi connectivity index (χ2n) is 8.89. The van der Waals surface area contributed by atoms with Crippen LogP contribution in [0.3, 0.4) is 0 Å². The van der Waals surface area contributed by atoms with Gasteiger partial charge in [-0.2, -0.15) is 13.7 Å². The Morgan fingerprint density at radius 2 is 1.87 bits per heavy atom. The van der Waals surface area contributed by atoms with Crippen molar-refractivity contribution in [3.8, 4) is 0 Å². The predicted molar refractivity (Wildman–Crippen MR) is 117 cm³/mol. The third-order valence-electron chi connectivity index (χ3n) is 7.02. The molecule has 8 nitrogen and oxygen atoms in total. The second kappa shape index (κ2) is 6.34. The van der Waals surface area contributed by atoms with Gasteiger partial charge in [0.25, 0.3) is 0 Å². The molecule has 0 bridgehead atoms. The zero-order valence-electron chi connectivity index (χ0n) is 17.1. The van der Waals surface area contributed by atoms with Crippen molar-refractivity contribution in [3.05, 3.63) is 34.4 Å². The van der Waals surface area contributed by atoms with Gasteiger partial charge in [0.1, 0.15) is 16.6 Å². The summed E-state index contributed by atoms with van der Waals surface area (Å²) in [5.74, 6) is 0.488. The molecule has 0 aliphatic heterocycles. The van der Waals surface area contributed by atoms with Crippen LogP contribution in [0, 0.1) is 12.3 Å². The molecule has 2 aliphatic rings. The maximum Gasteiger partial charge on any atom is 0.330 e. The summed E-state index contributed by atoms with van der Waals surface area (Å²) < 4.78 is 12.2. The van der Waals surface area contributed by atoms with Gasteiger partial charge in [-0.3, -0.25) is 9.13 Å². The standard InChI is InChI=1S/C21H23N7OS/c1-12-9-15-16(26-30-25-15)10-14(12)23-19-22-11-17-18(24-19)28(20(29)27(17)2)13-3-5-21(6-4-13)7-8-21/h9-11,13H,3-8H2,1-2H3,(H,22,23,24). The first kappa shape index (κ1) is 18.0. The summed E-state index contributed by atoms with van der Waals surface area (Å²) in [6.07, 6.45) is 9.01. The van der Waals surface area contributed by atoms with Crippen molar-refractivity contribution in [2.75, 3.05) is 5.32 Å². The number of anilines is 2. The summed E-state index contributed by atoms with van der Waals surface area (Å²) >= 11 is 1.20. The number of benzene rings is 1. The number of rotatable bonds is 3. The number of hydrogen-bond acceptors (Lipinski definition) is 7. The molecule has 0 unspecified atom stereocenters. The van der Waals surface area contributed by atoms with Gasteiger partial charge in [-0.05, 0) is 68.6 Å². The van der Waals surface area contributed by atoms with Crippen molar-refractivity contribution >= 4 is 45.6 Å². The van der Waals surface area contributed by atoms with Gasteiger partial charge >= 0.3 is 5.69 Å². The highest BCUT2D eigenvalue weighted by molar-refractivity contribution is 7.00. The van der Waals surface area contributed by atoms with E-state index in [-0.39, 0.29) is 11.7 Å². The van der Waals surface area contributed by atoms with Gasteiger partial charge in [0.15, 0.2) is 5.65 Å². The predicted octanol–water partition coefficient (Wildman–Crippen LogP) is 4.08. The zero-order valence-corrected chi connectivity index (χ0v) is 17.9. The minimum absolute atomic E-state index is 0.000607.